The minimum atomic E-state index is -0.625. The lowest BCUT2D eigenvalue weighted by Gasteiger charge is -2.60. The average molecular weight is 383 g/mol. The highest BCUT2D eigenvalue weighted by atomic mass is 16.5. The fourth-order valence-corrected chi connectivity index (χ4v) is 6.02. The topological polar surface area (TPSA) is 97.3 Å². The molecule has 4 bridgehead atoms. The number of hydrogen-bond donors (Lipinski definition) is 0. The monoisotopic (exact) mass is 383 g/mol. The highest BCUT2D eigenvalue weighted by Crippen LogP contribution is 2.57. The zero-order valence-electron chi connectivity index (χ0n) is 15.9. The molecule has 0 atom stereocenters. The molecule has 4 saturated carbocycles. The first kappa shape index (κ1) is 18.7. The van der Waals surface area contributed by atoms with Crippen LogP contribution in [0.25, 0.3) is 0 Å². The molecule has 0 saturated heterocycles. The molecule has 7 heteroatoms. The summed E-state index contributed by atoms with van der Waals surface area (Å²) >= 11 is 0. The third kappa shape index (κ3) is 3.56. The molecule has 28 heavy (non-hydrogen) atoms. The standard InChI is InChI=1S/C21H25N3O4/c22-4-1-5-24(21-11-15-8-16(12-21)10-17(9-15)13-21)19(25)14-28-20(26)18-2-6-23(27)7-3-18/h2-3,6-7,15-17H,1,5,8-14H2. The van der Waals surface area contributed by atoms with Crippen LogP contribution in [0.3, 0.4) is 0 Å². The molecule has 0 radical (unpaired) electrons. The summed E-state index contributed by atoms with van der Waals surface area (Å²) in [5.74, 6) is 1.18. The van der Waals surface area contributed by atoms with Crippen LogP contribution in [-0.4, -0.2) is 35.5 Å². The SMILES string of the molecule is N#CCCN(C(=O)COC(=O)c1cc[n+]([O-])cc1)C12CC3CC(CC(C3)C1)C2. The van der Waals surface area contributed by atoms with Gasteiger partial charge in [-0.2, -0.15) is 9.99 Å². The van der Waals surface area contributed by atoms with Crippen molar-refractivity contribution in [3.05, 3.63) is 35.3 Å². The molecule has 0 unspecified atom stereocenters. The smallest absolute Gasteiger partial charge is 0.339 e. The van der Waals surface area contributed by atoms with E-state index in [0.29, 0.717) is 29.0 Å². The van der Waals surface area contributed by atoms with Crippen molar-refractivity contribution in [2.45, 2.75) is 50.5 Å². The molecule has 4 fully saturated rings. The first-order valence-corrected chi connectivity index (χ1v) is 10.0. The summed E-state index contributed by atoms with van der Waals surface area (Å²) in [5, 5.41) is 20.2. The Labute approximate surface area is 164 Å². The zero-order valence-corrected chi connectivity index (χ0v) is 15.9. The number of hydrogen-bond acceptors (Lipinski definition) is 5. The van der Waals surface area contributed by atoms with Crippen LogP contribution in [0, 0.1) is 34.3 Å². The van der Waals surface area contributed by atoms with Crippen molar-refractivity contribution in [2.75, 3.05) is 13.2 Å². The molecule has 1 aromatic heterocycles. The van der Waals surface area contributed by atoms with E-state index in [1.807, 2.05) is 4.90 Å². The minimum Gasteiger partial charge on any atom is -0.619 e. The lowest BCUT2D eigenvalue weighted by atomic mass is 9.52. The minimum absolute atomic E-state index is 0.171. The van der Waals surface area contributed by atoms with Crippen molar-refractivity contribution in [3.63, 3.8) is 0 Å². The predicted octanol–water partition coefficient (Wildman–Crippen LogP) is 2.19. The molecule has 0 N–H and O–H groups in total. The molecular weight excluding hydrogens is 358 g/mol. The van der Waals surface area contributed by atoms with E-state index in [1.165, 1.54) is 43.8 Å². The van der Waals surface area contributed by atoms with Gasteiger partial charge in [-0.1, -0.05) is 0 Å². The molecule has 7 nitrogen and oxygen atoms in total. The molecule has 5 rings (SSSR count). The summed E-state index contributed by atoms with van der Waals surface area (Å²) in [4.78, 5) is 27.1. The molecule has 1 amide bonds. The number of carbonyl (C=O) groups is 2. The van der Waals surface area contributed by atoms with E-state index in [0.717, 1.165) is 19.3 Å². The third-order valence-corrected chi connectivity index (χ3v) is 6.69. The van der Waals surface area contributed by atoms with Crippen LogP contribution in [0.2, 0.25) is 0 Å². The van der Waals surface area contributed by atoms with Crippen LogP contribution in [0.4, 0.5) is 0 Å². The summed E-state index contributed by atoms with van der Waals surface area (Å²) in [5.41, 5.74) is 0.0638. The van der Waals surface area contributed by atoms with Gasteiger partial charge in [0.25, 0.3) is 5.91 Å². The van der Waals surface area contributed by atoms with E-state index in [2.05, 4.69) is 6.07 Å². The zero-order chi connectivity index (χ0) is 19.7. The Bertz CT molecular complexity index is 764. The lowest BCUT2D eigenvalue weighted by molar-refractivity contribution is -0.605. The molecule has 1 heterocycles. The fourth-order valence-electron chi connectivity index (χ4n) is 6.02. The molecule has 148 valence electrons. The average Bonchev–Trinajstić information content (AvgIpc) is 2.65. The Balaban J connectivity index is 1.45. The van der Waals surface area contributed by atoms with Gasteiger partial charge in [0.15, 0.2) is 19.0 Å². The Morgan fingerprint density at radius 3 is 2.29 bits per heavy atom. The Morgan fingerprint density at radius 2 is 1.75 bits per heavy atom. The quantitative estimate of drug-likeness (QED) is 0.426. The van der Waals surface area contributed by atoms with E-state index < -0.39 is 5.97 Å². The van der Waals surface area contributed by atoms with Crippen LogP contribution in [-0.2, 0) is 9.53 Å². The second kappa shape index (κ2) is 7.42. The van der Waals surface area contributed by atoms with Crippen molar-refractivity contribution < 1.29 is 19.1 Å². The second-order valence-corrected chi connectivity index (χ2v) is 8.62. The fraction of sp³-hybridized carbons (Fsp3) is 0.619. The maximum absolute atomic E-state index is 13.0. The van der Waals surface area contributed by atoms with E-state index in [1.54, 1.807) is 0 Å². The molecule has 0 aromatic carbocycles. The number of esters is 1. The Morgan fingerprint density at radius 1 is 1.18 bits per heavy atom. The molecular formula is C21H25N3O4. The van der Waals surface area contributed by atoms with Crippen molar-refractivity contribution in [1.82, 2.24) is 4.90 Å². The van der Waals surface area contributed by atoms with Crippen LogP contribution < -0.4 is 4.73 Å². The van der Waals surface area contributed by atoms with Crippen molar-refractivity contribution in [2.24, 2.45) is 17.8 Å². The maximum atomic E-state index is 13.0. The molecule has 1 aromatic rings. The van der Waals surface area contributed by atoms with Gasteiger partial charge in [-0.15, -0.1) is 0 Å². The largest absolute Gasteiger partial charge is 0.619 e. The number of pyridine rings is 1. The van der Waals surface area contributed by atoms with Gasteiger partial charge in [-0.25, -0.2) is 4.79 Å². The van der Waals surface area contributed by atoms with Crippen molar-refractivity contribution in [1.29, 1.82) is 5.26 Å². The number of nitriles is 1. The molecule has 0 aliphatic heterocycles. The van der Waals surface area contributed by atoms with Crippen LogP contribution in [0.15, 0.2) is 24.5 Å². The number of rotatable bonds is 6. The van der Waals surface area contributed by atoms with Crippen LogP contribution >= 0.6 is 0 Å². The highest BCUT2D eigenvalue weighted by molar-refractivity contribution is 5.91. The van der Waals surface area contributed by atoms with E-state index >= 15 is 0 Å². The first-order chi connectivity index (χ1) is 13.5. The highest BCUT2D eigenvalue weighted by Gasteiger charge is 2.54. The summed E-state index contributed by atoms with van der Waals surface area (Å²) in [6.45, 7) is 0.0544. The van der Waals surface area contributed by atoms with Gasteiger partial charge in [0.05, 0.1) is 18.1 Å². The van der Waals surface area contributed by atoms with Gasteiger partial charge >= 0.3 is 5.97 Å². The van der Waals surface area contributed by atoms with Gasteiger partial charge < -0.3 is 14.8 Å². The molecule has 4 aliphatic rings. The van der Waals surface area contributed by atoms with Gasteiger partial charge in [0.2, 0.25) is 0 Å². The van der Waals surface area contributed by atoms with Gasteiger partial charge in [-0.3, -0.25) is 4.79 Å². The summed E-state index contributed by atoms with van der Waals surface area (Å²) < 4.78 is 5.81. The summed E-state index contributed by atoms with van der Waals surface area (Å²) in [7, 11) is 0. The van der Waals surface area contributed by atoms with E-state index in [4.69, 9.17) is 10.00 Å². The van der Waals surface area contributed by atoms with Gasteiger partial charge in [0, 0.05) is 24.2 Å². The third-order valence-electron chi connectivity index (χ3n) is 6.69. The van der Waals surface area contributed by atoms with Crippen molar-refractivity contribution in [3.8, 4) is 6.07 Å². The van der Waals surface area contributed by atoms with Crippen molar-refractivity contribution >= 4 is 11.9 Å². The summed E-state index contributed by atoms with van der Waals surface area (Å²) in [6, 6.07) is 4.88. The first-order valence-electron chi connectivity index (χ1n) is 10.0. The number of amides is 1. The van der Waals surface area contributed by atoms with E-state index in [-0.39, 0.29) is 30.0 Å². The number of ether oxygens (including phenoxy) is 1. The number of carbonyl (C=O) groups excluding carboxylic acids is 2. The summed E-state index contributed by atoms with van der Waals surface area (Å²) in [6.07, 6.45) is 9.53. The maximum Gasteiger partial charge on any atom is 0.339 e. The van der Waals surface area contributed by atoms with E-state index in [9.17, 15) is 14.8 Å². The Kier molecular flexibility index (Phi) is 4.96. The second-order valence-electron chi connectivity index (χ2n) is 8.62. The normalized spacial score (nSPS) is 29.9. The molecule has 0 spiro atoms. The van der Waals surface area contributed by atoms with Crippen LogP contribution in [0.5, 0.6) is 0 Å². The lowest BCUT2D eigenvalue weighted by Crippen LogP contribution is -2.62. The van der Waals surface area contributed by atoms with Gasteiger partial charge in [0.1, 0.15) is 0 Å². The molecule has 4 aliphatic carbocycles. The van der Waals surface area contributed by atoms with Gasteiger partial charge in [-0.05, 0) is 56.3 Å². The van der Waals surface area contributed by atoms with Crippen LogP contribution in [0.1, 0.15) is 55.3 Å². The Hall–Kier alpha value is -2.62. The predicted molar refractivity (Wildman–Crippen MR) is 98.5 cm³/mol. The number of aromatic nitrogens is 1. The number of nitrogens with zero attached hydrogens (tertiary/aromatic N) is 3.